The predicted octanol–water partition coefficient (Wildman–Crippen LogP) is 4.98. The van der Waals surface area contributed by atoms with Crippen LogP contribution in [0.1, 0.15) is 11.1 Å². The SMILES string of the molecule is COc1cc(/C=N\NC(=O)CN(c2ccc(Oc3ccccc3)cc2)S(C)(=O)=O)ccc1OCc1ccccc1. The van der Waals surface area contributed by atoms with E-state index < -0.39 is 22.5 Å². The average Bonchev–Trinajstić information content (AvgIpc) is 2.96. The first-order valence-corrected chi connectivity index (χ1v) is 14.1. The number of sulfonamides is 1. The Bertz CT molecular complexity index is 1540. The maximum Gasteiger partial charge on any atom is 0.260 e. The van der Waals surface area contributed by atoms with E-state index in [1.807, 2.05) is 60.7 Å². The fraction of sp³-hybridized carbons (Fsp3) is 0.133. The highest BCUT2D eigenvalue weighted by Crippen LogP contribution is 2.28. The minimum atomic E-state index is -3.75. The molecular formula is C30H29N3O6S. The molecule has 0 atom stereocenters. The molecular weight excluding hydrogens is 530 g/mol. The molecule has 9 nitrogen and oxygen atoms in total. The number of carbonyl (C=O) groups is 1. The van der Waals surface area contributed by atoms with Crippen LogP contribution < -0.4 is 23.9 Å². The van der Waals surface area contributed by atoms with Crippen molar-refractivity contribution in [3.63, 3.8) is 0 Å². The van der Waals surface area contributed by atoms with Crippen LogP contribution in [-0.4, -0.2) is 40.4 Å². The lowest BCUT2D eigenvalue weighted by Gasteiger charge is -2.21. The van der Waals surface area contributed by atoms with Crippen molar-refractivity contribution in [2.24, 2.45) is 5.10 Å². The number of methoxy groups -OCH3 is 1. The molecule has 0 aliphatic carbocycles. The second kappa shape index (κ2) is 13.3. The van der Waals surface area contributed by atoms with Crippen molar-refractivity contribution in [1.82, 2.24) is 5.43 Å². The summed E-state index contributed by atoms with van der Waals surface area (Å²) < 4.78 is 42.9. The van der Waals surface area contributed by atoms with Crippen LogP contribution in [0.3, 0.4) is 0 Å². The third-order valence-electron chi connectivity index (χ3n) is 5.62. The van der Waals surface area contributed by atoms with E-state index in [0.717, 1.165) is 16.1 Å². The number of hydrogen-bond donors (Lipinski definition) is 1. The van der Waals surface area contributed by atoms with Gasteiger partial charge in [0.05, 0.1) is 25.3 Å². The van der Waals surface area contributed by atoms with Gasteiger partial charge in [0, 0.05) is 0 Å². The molecule has 0 bridgehead atoms. The van der Waals surface area contributed by atoms with Crippen LogP contribution >= 0.6 is 0 Å². The first-order chi connectivity index (χ1) is 19.3. The first-order valence-electron chi connectivity index (χ1n) is 12.3. The Labute approximate surface area is 233 Å². The lowest BCUT2D eigenvalue weighted by molar-refractivity contribution is -0.119. The van der Waals surface area contributed by atoms with Crippen LogP contribution in [0.5, 0.6) is 23.0 Å². The van der Waals surface area contributed by atoms with Gasteiger partial charge in [0.25, 0.3) is 5.91 Å². The predicted molar refractivity (Wildman–Crippen MR) is 155 cm³/mol. The van der Waals surface area contributed by atoms with Crippen molar-refractivity contribution in [2.75, 3.05) is 24.2 Å². The summed E-state index contributed by atoms with van der Waals surface area (Å²) in [7, 11) is -2.22. The van der Waals surface area contributed by atoms with Crippen molar-refractivity contribution in [3.8, 4) is 23.0 Å². The number of hydrazone groups is 1. The van der Waals surface area contributed by atoms with E-state index in [1.54, 1.807) is 42.5 Å². The third kappa shape index (κ3) is 8.08. The largest absolute Gasteiger partial charge is 0.493 e. The van der Waals surface area contributed by atoms with Gasteiger partial charge in [-0.25, -0.2) is 13.8 Å². The molecule has 0 radical (unpaired) electrons. The second-order valence-corrected chi connectivity index (χ2v) is 10.6. The zero-order chi connectivity index (χ0) is 28.4. The number of rotatable bonds is 12. The zero-order valence-corrected chi connectivity index (χ0v) is 22.9. The van der Waals surface area contributed by atoms with Crippen LogP contribution in [-0.2, 0) is 21.4 Å². The van der Waals surface area contributed by atoms with Crippen LogP contribution in [0, 0.1) is 0 Å². The average molecular weight is 560 g/mol. The Morgan fingerprint density at radius 1 is 0.875 bits per heavy atom. The van der Waals surface area contributed by atoms with Crippen molar-refractivity contribution >= 4 is 27.8 Å². The number of benzene rings is 4. The van der Waals surface area contributed by atoms with Gasteiger partial charge in [-0.15, -0.1) is 0 Å². The maximum atomic E-state index is 12.6. The van der Waals surface area contributed by atoms with Crippen LogP contribution in [0.4, 0.5) is 5.69 Å². The molecule has 206 valence electrons. The summed E-state index contributed by atoms with van der Waals surface area (Å²) in [6.45, 7) is -0.0645. The Kier molecular flexibility index (Phi) is 9.37. The summed E-state index contributed by atoms with van der Waals surface area (Å²) >= 11 is 0. The maximum absolute atomic E-state index is 12.6. The van der Waals surface area contributed by atoms with Gasteiger partial charge in [-0.2, -0.15) is 5.10 Å². The number of para-hydroxylation sites is 1. The fourth-order valence-electron chi connectivity index (χ4n) is 3.67. The van der Waals surface area contributed by atoms with E-state index in [2.05, 4.69) is 10.5 Å². The van der Waals surface area contributed by atoms with Crippen molar-refractivity contribution in [1.29, 1.82) is 0 Å². The number of hydrogen-bond acceptors (Lipinski definition) is 7. The number of nitrogens with zero attached hydrogens (tertiary/aromatic N) is 2. The summed E-state index contributed by atoms with van der Waals surface area (Å²) in [5.74, 6) is 1.65. The number of amides is 1. The monoisotopic (exact) mass is 559 g/mol. The summed E-state index contributed by atoms with van der Waals surface area (Å²) in [5.41, 5.74) is 4.37. The number of carbonyl (C=O) groups excluding carboxylic acids is 1. The standard InChI is InChI=1S/C30H29N3O6S/c1-37-29-19-24(13-18-28(29)38-22-23-9-5-3-6-10-23)20-31-32-30(34)21-33(40(2,35)36)25-14-16-27(17-15-25)39-26-11-7-4-8-12-26/h3-20H,21-22H2,1-2H3,(H,32,34)/b31-20-. The molecule has 4 aromatic carbocycles. The smallest absolute Gasteiger partial charge is 0.260 e. The van der Waals surface area contributed by atoms with Gasteiger partial charge in [-0.1, -0.05) is 48.5 Å². The van der Waals surface area contributed by atoms with E-state index in [4.69, 9.17) is 14.2 Å². The van der Waals surface area contributed by atoms with Gasteiger partial charge >= 0.3 is 0 Å². The van der Waals surface area contributed by atoms with Crippen molar-refractivity contribution in [2.45, 2.75) is 6.61 Å². The van der Waals surface area contributed by atoms with Crippen LogP contribution in [0.25, 0.3) is 0 Å². The first kappa shape index (κ1) is 28.2. The molecule has 0 spiro atoms. The molecule has 4 aromatic rings. The van der Waals surface area contributed by atoms with Crippen LogP contribution in [0.2, 0.25) is 0 Å². The molecule has 1 N–H and O–H groups in total. The highest BCUT2D eigenvalue weighted by atomic mass is 32.2. The molecule has 0 saturated heterocycles. The lowest BCUT2D eigenvalue weighted by Crippen LogP contribution is -2.39. The van der Waals surface area contributed by atoms with E-state index in [0.29, 0.717) is 40.9 Å². The van der Waals surface area contributed by atoms with E-state index in [9.17, 15) is 13.2 Å². The number of nitrogens with one attached hydrogen (secondary N) is 1. The molecule has 4 rings (SSSR count). The summed E-state index contributed by atoms with van der Waals surface area (Å²) in [6, 6.07) is 30.6. The van der Waals surface area contributed by atoms with Gasteiger partial charge < -0.3 is 14.2 Å². The normalized spacial score (nSPS) is 11.2. The highest BCUT2D eigenvalue weighted by molar-refractivity contribution is 7.92. The molecule has 0 fully saturated rings. The van der Waals surface area contributed by atoms with Gasteiger partial charge in [0.15, 0.2) is 11.5 Å². The van der Waals surface area contributed by atoms with E-state index >= 15 is 0 Å². The minimum Gasteiger partial charge on any atom is -0.493 e. The molecule has 0 saturated carbocycles. The molecule has 10 heteroatoms. The number of anilines is 1. The topological polar surface area (TPSA) is 107 Å². The van der Waals surface area contributed by atoms with Crippen LogP contribution in [0.15, 0.2) is 108 Å². The lowest BCUT2D eigenvalue weighted by atomic mass is 10.2. The van der Waals surface area contributed by atoms with Gasteiger partial charge in [0.2, 0.25) is 10.0 Å². The summed E-state index contributed by atoms with van der Waals surface area (Å²) in [5, 5.41) is 3.97. The molecule has 1 amide bonds. The Morgan fingerprint density at radius 3 is 2.17 bits per heavy atom. The molecule has 0 heterocycles. The van der Waals surface area contributed by atoms with E-state index in [1.165, 1.54) is 13.3 Å². The zero-order valence-electron chi connectivity index (χ0n) is 22.1. The Morgan fingerprint density at radius 2 is 1.52 bits per heavy atom. The fourth-order valence-corrected chi connectivity index (χ4v) is 4.53. The van der Waals surface area contributed by atoms with Gasteiger partial charge in [-0.3, -0.25) is 9.10 Å². The summed E-state index contributed by atoms with van der Waals surface area (Å²) in [6.07, 6.45) is 2.47. The Balaban J connectivity index is 1.36. The quantitative estimate of drug-likeness (QED) is 0.194. The molecule has 0 unspecified atom stereocenters. The molecule has 0 aliphatic rings. The Hall–Kier alpha value is -4.83. The molecule has 0 aliphatic heterocycles. The molecule has 0 aromatic heterocycles. The molecule has 40 heavy (non-hydrogen) atoms. The van der Waals surface area contributed by atoms with Crippen molar-refractivity contribution < 1.29 is 27.4 Å². The third-order valence-corrected chi connectivity index (χ3v) is 6.76. The van der Waals surface area contributed by atoms with Crippen molar-refractivity contribution in [3.05, 3.63) is 114 Å². The second-order valence-electron chi connectivity index (χ2n) is 8.66. The summed E-state index contributed by atoms with van der Waals surface area (Å²) in [4.78, 5) is 12.6. The highest BCUT2D eigenvalue weighted by Gasteiger charge is 2.21. The van der Waals surface area contributed by atoms with Gasteiger partial charge in [-0.05, 0) is 65.7 Å². The number of ether oxygens (including phenoxy) is 3. The van der Waals surface area contributed by atoms with E-state index in [-0.39, 0.29) is 0 Å². The minimum absolute atomic E-state index is 0.317. The van der Waals surface area contributed by atoms with Gasteiger partial charge in [0.1, 0.15) is 24.7 Å².